The minimum atomic E-state index is -0.595. The van der Waals surface area contributed by atoms with E-state index in [0.717, 1.165) is 0 Å². The van der Waals surface area contributed by atoms with Crippen molar-refractivity contribution in [2.45, 2.75) is 39.2 Å². The van der Waals surface area contributed by atoms with Gasteiger partial charge in [-0.2, -0.15) is 0 Å². The number of Topliss-reactive ketones (excluding diaryl/α,β-unsaturated/α-hetero) is 1. The number of carbonyl (C=O) groups excluding carboxylic acids is 3. The number of rotatable bonds is 7. The lowest BCUT2D eigenvalue weighted by Crippen LogP contribution is -2.33. The molecule has 0 aromatic heterocycles. The van der Waals surface area contributed by atoms with Crippen LogP contribution in [0, 0.1) is 0 Å². The topological polar surface area (TPSA) is 81.7 Å². The maximum absolute atomic E-state index is 11.4. The van der Waals surface area contributed by atoms with Crippen LogP contribution in [0.5, 0.6) is 0 Å². The normalized spacial score (nSPS) is 10.5. The molecule has 0 aliphatic rings. The molecule has 0 rings (SSSR count). The Morgan fingerprint density at radius 2 is 1.89 bits per heavy atom. The summed E-state index contributed by atoms with van der Waals surface area (Å²) in [4.78, 5) is 33.7. The zero-order valence-electron chi connectivity index (χ0n) is 11.7. The molecule has 0 heterocycles. The van der Waals surface area contributed by atoms with Gasteiger partial charge in [0.1, 0.15) is 24.4 Å². The number of alkyl carbamates (subject to hydrolysis) is 1. The monoisotopic (exact) mass is 271 g/mol. The van der Waals surface area contributed by atoms with Crippen molar-refractivity contribution in [1.29, 1.82) is 0 Å². The molecule has 0 unspecified atom stereocenters. The maximum Gasteiger partial charge on any atom is 0.407 e. The van der Waals surface area contributed by atoms with Crippen molar-refractivity contribution in [3.05, 3.63) is 12.7 Å². The van der Waals surface area contributed by atoms with E-state index >= 15 is 0 Å². The summed E-state index contributed by atoms with van der Waals surface area (Å²) in [6.07, 6.45) is 0.591. The van der Waals surface area contributed by atoms with E-state index in [9.17, 15) is 14.4 Å². The van der Waals surface area contributed by atoms with Crippen molar-refractivity contribution >= 4 is 17.8 Å². The van der Waals surface area contributed by atoms with Gasteiger partial charge in [-0.1, -0.05) is 12.7 Å². The minimum Gasteiger partial charge on any atom is -0.461 e. The third-order valence-electron chi connectivity index (χ3n) is 1.78. The fraction of sp³-hybridized carbons (Fsp3) is 0.615. The Balaban J connectivity index is 3.77. The highest BCUT2D eigenvalue weighted by Crippen LogP contribution is 2.06. The van der Waals surface area contributed by atoms with E-state index in [0.29, 0.717) is 0 Å². The van der Waals surface area contributed by atoms with Crippen molar-refractivity contribution in [3.63, 3.8) is 0 Å². The predicted octanol–water partition coefficient (Wildman–Crippen LogP) is 1.59. The van der Waals surface area contributed by atoms with Gasteiger partial charge in [-0.3, -0.25) is 9.59 Å². The van der Waals surface area contributed by atoms with Crippen LogP contribution in [0.3, 0.4) is 0 Å². The maximum atomic E-state index is 11.4. The Hall–Kier alpha value is -1.85. The lowest BCUT2D eigenvalue weighted by molar-refractivity contribution is -0.144. The molecule has 6 nitrogen and oxygen atoms in total. The molecule has 0 spiro atoms. The van der Waals surface area contributed by atoms with Crippen LogP contribution in [0.15, 0.2) is 12.7 Å². The Morgan fingerprint density at radius 3 is 2.42 bits per heavy atom. The van der Waals surface area contributed by atoms with E-state index < -0.39 is 17.7 Å². The summed E-state index contributed by atoms with van der Waals surface area (Å²) < 4.78 is 9.65. The molecule has 0 bridgehead atoms. The molecule has 19 heavy (non-hydrogen) atoms. The molecule has 0 aromatic carbocycles. The second-order valence-electron chi connectivity index (χ2n) is 4.87. The van der Waals surface area contributed by atoms with Crippen molar-refractivity contribution in [2.75, 3.05) is 13.2 Å². The van der Waals surface area contributed by atoms with Crippen LogP contribution in [0.2, 0.25) is 0 Å². The van der Waals surface area contributed by atoms with E-state index in [1.54, 1.807) is 20.8 Å². The van der Waals surface area contributed by atoms with Gasteiger partial charge in [-0.25, -0.2) is 4.79 Å². The molecule has 1 N–H and O–H groups in total. The first-order valence-corrected chi connectivity index (χ1v) is 5.99. The van der Waals surface area contributed by atoms with Crippen molar-refractivity contribution < 1.29 is 23.9 Å². The molecule has 0 saturated carbocycles. The summed E-state index contributed by atoms with van der Waals surface area (Å²) in [6.45, 7) is 8.83. The number of ketones is 1. The van der Waals surface area contributed by atoms with Gasteiger partial charge in [0.2, 0.25) is 0 Å². The van der Waals surface area contributed by atoms with Crippen LogP contribution in [0.25, 0.3) is 0 Å². The SMILES string of the molecule is C=CCOC(=O)CC(=O)CCNC(=O)OC(C)(C)C. The summed E-state index contributed by atoms with van der Waals surface area (Å²) >= 11 is 0. The van der Waals surface area contributed by atoms with Gasteiger partial charge >= 0.3 is 12.1 Å². The average molecular weight is 271 g/mol. The van der Waals surface area contributed by atoms with E-state index in [2.05, 4.69) is 16.6 Å². The zero-order chi connectivity index (χ0) is 14.9. The first-order chi connectivity index (χ1) is 8.74. The number of esters is 1. The Bertz CT molecular complexity index is 343. The highest BCUT2D eigenvalue weighted by molar-refractivity contribution is 5.95. The first-order valence-electron chi connectivity index (χ1n) is 5.99. The summed E-state index contributed by atoms with van der Waals surface area (Å²) in [5, 5.41) is 2.44. The predicted molar refractivity (Wildman–Crippen MR) is 69.6 cm³/mol. The summed E-state index contributed by atoms with van der Waals surface area (Å²) in [7, 11) is 0. The molecule has 108 valence electrons. The molecule has 0 aromatic rings. The molecule has 1 amide bonds. The van der Waals surface area contributed by atoms with Gasteiger partial charge in [0, 0.05) is 13.0 Å². The Kier molecular flexibility index (Phi) is 7.48. The minimum absolute atomic E-state index is 0.0580. The number of nitrogens with one attached hydrogen (secondary N) is 1. The molecule has 0 saturated heterocycles. The van der Waals surface area contributed by atoms with Crippen molar-refractivity contribution in [3.8, 4) is 0 Å². The second-order valence-corrected chi connectivity index (χ2v) is 4.87. The van der Waals surface area contributed by atoms with Crippen LogP contribution >= 0.6 is 0 Å². The lowest BCUT2D eigenvalue weighted by Gasteiger charge is -2.19. The number of amides is 1. The number of hydrogen-bond acceptors (Lipinski definition) is 5. The fourth-order valence-corrected chi connectivity index (χ4v) is 1.07. The molecule has 6 heteroatoms. The molecule has 0 radical (unpaired) electrons. The zero-order valence-corrected chi connectivity index (χ0v) is 11.7. The first kappa shape index (κ1) is 17.2. The van der Waals surface area contributed by atoms with Crippen LogP contribution in [0.4, 0.5) is 4.79 Å². The van der Waals surface area contributed by atoms with Crippen LogP contribution < -0.4 is 5.32 Å². The highest BCUT2D eigenvalue weighted by atomic mass is 16.6. The standard InChI is InChI=1S/C13H21NO5/c1-5-8-18-11(16)9-10(15)6-7-14-12(17)19-13(2,3)4/h5H,1,6-9H2,2-4H3,(H,14,17). The Labute approximate surface area is 113 Å². The van der Waals surface area contributed by atoms with Gasteiger partial charge in [-0.15, -0.1) is 0 Å². The van der Waals surface area contributed by atoms with E-state index in [4.69, 9.17) is 4.74 Å². The molecular formula is C13H21NO5. The second kappa shape index (κ2) is 8.29. The van der Waals surface area contributed by atoms with E-state index in [-0.39, 0.29) is 31.8 Å². The van der Waals surface area contributed by atoms with Gasteiger partial charge in [0.15, 0.2) is 0 Å². The molecule has 0 fully saturated rings. The molecule has 0 aliphatic heterocycles. The summed E-state index contributed by atoms with van der Waals surface area (Å²) in [6, 6.07) is 0. The largest absolute Gasteiger partial charge is 0.461 e. The number of carbonyl (C=O) groups is 3. The average Bonchev–Trinajstić information content (AvgIpc) is 2.23. The quantitative estimate of drug-likeness (QED) is 0.432. The van der Waals surface area contributed by atoms with Crippen molar-refractivity contribution in [2.24, 2.45) is 0 Å². The third-order valence-corrected chi connectivity index (χ3v) is 1.78. The van der Waals surface area contributed by atoms with Crippen LogP contribution in [0.1, 0.15) is 33.6 Å². The molecule has 0 aliphatic carbocycles. The highest BCUT2D eigenvalue weighted by Gasteiger charge is 2.16. The third kappa shape index (κ3) is 11.0. The van der Waals surface area contributed by atoms with Crippen LogP contribution in [-0.4, -0.2) is 36.6 Å². The fourth-order valence-electron chi connectivity index (χ4n) is 1.07. The summed E-state index contributed by atoms with van der Waals surface area (Å²) in [5.41, 5.74) is -0.581. The van der Waals surface area contributed by atoms with Gasteiger partial charge in [-0.05, 0) is 20.8 Å². The van der Waals surface area contributed by atoms with Crippen molar-refractivity contribution in [1.82, 2.24) is 5.32 Å². The van der Waals surface area contributed by atoms with Gasteiger partial charge in [0.25, 0.3) is 0 Å². The number of ether oxygens (including phenoxy) is 2. The van der Waals surface area contributed by atoms with E-state index in [1.165, 1.54) is 6.08 Å². The van der Waals surface area contributed by atoms with Crippen LogP contribution in [-0.2, 0) is 19.1 Å². The number of hydrogen-bond donors (Lipinski definition) is 1. The molecule has 0 atom stereocenters. The van der Waals surface area contributed by atoms with E-state index in [1.807, 2.05) is 0 Å². The smallest absolute Gasteiger partial charge is 0.407 e. The summed E-state index contributed by atoms with van der Waals surface area (Å²) in [5.74, 6) is -0.896. The lowest BCUT2D eigenvalue weighted by atomic mass is 10.2. The van der Waals surface area contributed by atoms with Gasteiger partial charge in [0.05, 0.1) is 0 Å². The Morgan fingerprint density at radius 1 is 1.26 bits per heavy atom. The van der Waals surface area contributed by atoms with Gasteiger partial charge < -0.3 is 14.8 Å². The molecular weight excluding hydrogens is 250 g/mol.